The average molecular weight is 537 g/mol. The average Bonchev–Trinajstić information content (AvgIpc) is 3.76. The summed E-state index contributed by atoms with van der Waals surface area (Å²) in [6.45, 7) is 8.40. The number of carbonyl (C=O) groups is 2. The number of fused-ring (bicyclic) bond motifs is 3. The second-order valence-electron chi connectivity index (χ2n) is 10.1. The minimum Gasteiger partial charge on any atom is -0.490 e. The highest BCUT2D eigenvalue weighted by Crippen LogP contribution is 2.42. The molecule has 6 rings (SSSR count). The molecule has 2 heterocycles. The molecule has 1 aliphatic heterocycles. The van der Waals surface area contributed by atoms with Gasteiger partial charge in [0.1, 0.15) is 11.6 Å². The Labute approximate surface area is 235 Å². The molecular formula is C33H36N4O3. The van der Waals surface area contributed by atoms with Crippen molar-refractivity contribution in [3.8, 4) is 17.0 Å². The number of imidazole rings is 1. The molecule has 1 aromatic heterocycles. The van der Waals surface area contributed by atoms with E-state index in [0.29, 0.717) is 41.4 Å². The van der Waals surface area contributed by atoms with Gasteiger partial charge in [0.05, 0.1) is 23.0 Å². The third-order valence-corrected chi connectivity index (χ3v) is 6.93. The van der Waals surface area contributed by atoms with E-state index in [1.807, 2.05) is 62.9 Å². The number of hydrogen-bond donors (Lipinski definition) is 2. The van der Waals surface area contributed by atoms with E-state index in [2.05, 4.69) is 10.3 Å². The van der Waals surface area contributed by atoms with Crippen LogP contribution in [0, 0.1) is 0 Å². The molecular weight excluding hydrogens is 500 g/mol. The van der Waals surface area contributed by atoms with E-state index in [-0.39, 0.29) is 17.9 Å². The first kappa shape index (κ1) is 27.2. The van der Waals surface area contributed by atoms with Crippen LogP contribution in [-0.4, -0.2) is 34.4 Å². The van der Waals surface area contributed by atoms with Gasteiger partial charge < -0.3 is 19.9 Å². The van der Waals surface area contributed by atoms with Crippen molar-refractivity contribution in [2.24, 2.45) is 0 Å². The molecule has 2 N–H and O–H groups in total. The third-order valence-electron chi connectivity index (χ3n) is 6.93. The number of carbonyl (C=O) groups excluding carboxylic acids is 2. The van der Waals surface area contributed by atoms with E-state index in [0.717, 1.165) is 28.5 Å². The number of ether oxygens (including phenoxy) is 1. The van der Waals surface area contributed by atoms with Gasteiger partial charge in [-0.05, 0) is 69.2 Å². The number of nitrogens with zero attached hydrogens (tertiary/aromatic N) is 2. The third kappa shape index (κ3) is 5.64. The molecule has 2 amide bonds. The molecule has 0 saturated heterocycles. The van der Waals surface area contributed by atoms with Crippen LogP contribution in [0.2, 0.25) is 0 Å². The van der Waals surface area contributed by atoms with E-state index < -0.39 is 0 Å². The zero-order chi connectivity index (χ0) is 28.2. The van der Waals surface area contributed by atoms with Crippen molar-refractivity contribution in [1.82, 2.24) is 9.97 Å². The smallest absolute Gasteiger partial charge is 0.259 e. The van der Waals surface area contributed by atoms with E-state index in [1.54, 1.807) is 42.5 Å². The fourth-order valence-electron chi connectivity index (χ4n) is 4.91. The van der Waals surface area contributed by atoms with Crippen molar-refractivity contribution in [2.45, 2.75) is 59.0 Å². The molecule has 0 unspecified atom stereocenters. The molecule has 0 bridgehead atoms. The monoisotopic (exact) mass is 536 g/mol. The van der Waals surface area contributed by atoms with Gasteiger partial charge in [0, 0.05) is 41.4 Å². The topological polar surface area (TPSA) is 87.3 Å². The highest BCUT2D eigenvalue weighted by Gasteiger charge is 2.31. The van der Waals surface area contributed by atoms with Crippen LogP contribution in [0.4, 0.5) is 11.4 Å². The number of H-pyrrole nitrogens is 1. The van der Waals surface area contributed by atoms with Gasteiger partial charge in [-0.15, -0.1) is 0 Å². The Morgan fingerprint density at radius 3 is 2.40 bits per heavy atom. The van der Waals surface area contributed by atoms with Crippen LogP contribution in [0.5, 0.6) is 5.75 Å². The first-order valence-corrected chi connectivity index (χ1v) is 14.1. The van der Waals surface area contributed by atoms with Gasteiger partial charge in [-0.2, -0.15) is 0 Å². The SMILES string of the molecule is CC.CC(C)Oc1ccccc1C(=O)Nc1ccc(C(=O)N2CCc3[nH]c(C4CC4)nc3-c3ccccc32)cc1. The van der Waals surface area contributed by atoms with Gasteiger partial charge in [0.2, 0.25) is 0 Å². The summed E-state index contributed by atoms with van der Waals surface area (Å²) < 4.78 is 5.78. The zero-order valence-corrected chi connectivity index (χ0v) is 23.5. The zero-order valence-electron chi connectivity index (χ0n) is 23.5. The van der Waals surface area contributed by atoms with Crippen LogP contribution in [-0.2, 0) is 6.42 Å². The lowest BCUT2D eigenvalue weighted by molar-refractivity contribution is 0.0986. The summed E-state index contributed by atoms with van der Waals surface area (Å²) in [5, 5.41) is 2.91. The first-order chi connectivity index (χ1) is 19.5. The van der Waals surface area contributed by atoms with E-state index >= 15 is 0 Å². The van der Waals surface area contributed by atoms with Crippen LogP contribution in [0.15, 0.2) is 72.8 Å². The molecule has 206 valence electrons. The van der Waals surface area contributed by atoms with Gasteiger partial charge in [-0.25, -0.2) is 4.98 Å². The lowest BCUT2D eigenvalue weighted by atomic mass is 10.1. The molecule has 0 atom stereocenters. The number of benzene rings is 3. The number of nitrogens with one attached hydrogen (secondary N) is 2. The molecule has 3 aromatic carbocycles. The van der Waals surface area contributed by atoms with Crippen molar-refractivity contribution >= 4 is 23.2 Å². The quantitative estimate of drug-likeness (QED) is 0.272. The normalized spacial score (nSPS) is 13.9. The molecule has 7 heteroatoms. The largest absolute Gasteiger partial charge is 0.490 e. The summed E-state index contributed by atoms with van der Waals surface area (Å²) in [6, 6.07) is 22.2. The minimum atomic E-state index is -0.263. The van der Waals surface area contributed by atoms with Crippen LogP contribution in [0.25, 0.3) is 11.3 Å². The summed E-state index contributed by atoms with van der Waals surface area (Å²) in [5.41, 5.74) is 5.51. The number of hydrogen-bond acceptors (Lipinski definition) is 4. The van der Waals surface area contributed by atoms with Gasteiger partial charge >= 0.3 is 0 Å². The maximum Gasteiger partial charge on any atom is 0.259 e. The van der Waals surface area contributed by atoms with Crippen LogP contribution >= 0.6 is 0 Å². The summed E-state index contributed by atoms with van der Waals surface area (Å²) in [7, 11) is 0. The van der Waals surface area contributed by atoms with Crippen molar-refractivity contribution in [1.29, 1.82) is 0 Å². The molecule has 4 aromatic rings. The number of rotatable bonds is 6. The van der Waals surface area contributed by atoms with E-state index in [4.69, 9.17) is 9.72 Å². The molecule has 1 fully saturated rings. The van der Waals surface area contributed by atoms with Crippen molar-refractivity contribution in [3.05, 3.63) is 95.4 Å². The number of anilines is 2. The summed E-state index contributed by atoms with van der Waals surface area (Å²) in [6.07, 6.45) is 3.04. The van der Waals surface area contributed by atoms with Crippen LogP contribution in [0.3, 0.4) is 0 Å². The number of aromatic nitrogens is 2. The Bertz CT molecular complexity index is 1500. The predicted molar refractivity (Wildman–Crippen MR) is 159 cm³/mol. The predicted octanol–water partition coefficient (Wildman–Crippen LogP) is 7.22. The molecule has 1 saturated carbocycles. The second kappa shape index (κ2) is 11.8. The standard InChI is InChI=1S/C31H30N4O3.C2H6/c1-19(2)38-27-10-6-4-8-24(27)30(36)32-22-15-13-21(14-16-22)31(37)35-18-17-25-28(23-7-3-5-9-26(23)35)34-29(33-25)20-11-12-20;1-2/h3-10,13-16,19-20H,11-12,17-18H2,1-2H3,(H,32,36)(H,33,34);1-2H3. The Kier molecular flexibility index (Phi) is 8.01. The Balaban J connectivity index is 0.00000158. The molecule has 1 aliphatic carbocycles. The highest BCUT2D eigenvalue weighted by atomic mass is 16.5. The Hall–Kier alpha value is -4.39. The summed E-state index contributed by atoms with van der Waals surface area (Å²) in [4.78, 5) is 36.9. The van der Waals surface area contributed by atoms with Crippen molar-refractivity contribution < 1.29 is 14.3 Å². The molecule has 40 heavy (non-hydrogen) atoms. The van der Waals surface area contributed by atoms with Crippen molar-refractivity contribution in [2.75, 3.05) is 16.8 Å². The van der Waals surface area contributed by atoms with Crippen molar-refractivity contribution in [3.63, 3.8) is 0 Å². The molecule has 2 aliphatic rings. The number of amides is 2. The lowest BCUT2D eigenvalue weighted by Gasteiger charge is -2.23. The Morgan fingerprint density at radius 1 is 0.975 bits per heavy atom. The Morgan fingerprint density at radius 2 is 1.68 bits per heavy atom. The number of para-hydroxylation sites is 2. The van der Waals surface area contributed by atoms with E-state index in [1.165, 1.54) is 12.8 Å². The second-order valence-corrected chi connectivity index (χ2v) is 10.1. The minimum absolute atomic E-state index is 0.0439. The van der Waals surface area contributed by atoms with E-state index in [9.17, 15) is 9.59 Å². The summed E-state index contributed by atoms with van der Waals surface area (Å²) >= 11 is 0. The van der Waals surface area contributed by atoms with Gasteiger partial charge in [0.15, 0.2) is 0 Å². The highest BCUT2D eigenvalue weighted by molar-refractivity contribution is 6.09. The fraction of sp³-hybridized carbons (Fsp3) is 0.303. The van der Waals surface area contributed by atoms with Gasteiger partial charge in [-0.1, -0.05) is 44.2 Å². The molecule has 0 radical (unpaired) electrons. The maximum absolute atomic E-state index is 13.7. The van der Waals surface area contributed by atoms with Gasteiger partial charge in [-0.3, -0.25) is 9.59 Å². The molecule has 7 nitrogen and oxygen atoms in total. The van der Waals surface area contributed by atoms with Gasteiger partial charge in [0.25, 0.3) is 11.8 Å². The number of aromatic amines is 1. The first-order valence-electron chi connectivity index (χ1n) is 14.1. The van der Waals surface area contributed by atoms with Crippen LogP contribution in [0.1, 0.15) is 78.7 Å². The molecule has 0 spiro atoms. The maximum atomic E-state index is 13.7. The van der Waals surface area contributed by atoms with Crippen LogP contribution < -0.4 is 15.0 Å². The fourth-order valence-corrected chi connectivity index (χ4v) is 4.91. The summed E-state index contributed by atoms with van der Waals surface area (Å²) in [5.74, 6) is 1.80. The lowest BCUT2D eigenvalue weighted by Crippen LogP contribution is -2.32.